The van der Waals surface area contributed by atoms with Crippen molar-refractivity contribution < 1.29 is 9.13 Å². The monoisotopic (exact) mass is 252 g/mol. The van der Waals surface area contributed by atoms with Gasteiger partial charge in [0.15, 0.2) is 0 Å². The van der Waals surface area contributed by atoms with E-state index in [1.165, 1.54) is 12.5 Å². The van der Waals surface area contributed by atoms with Crippen LogP contribution in [-0.2, 0) is 11.3 Å². The highest BCUT2D eigenvalue weighted by molar-refractivity contribution is 5.47. The quantitative estimate of drug-likeness (QED) is 0.835. The highest BCUT2D eigenvalue weighted by atomic mass is 19.1. The molecule has 3 nitrogen and oxygen atoms in total. The lowest BCUT2D eigenvalue weighted by Gasteiger charge is -2.27. The number of nitrogens with two attached hydrogens (primary N) is 1. The molecule has 100 valence electrons. The second kappa shape index (κ2) is 6.16. The van der Waals surface area contributed by atoms with Crippen molar-refractivity contribution in [3.05, 3.63) is 29.6 Å². The molecule has 4 heteroatoms. The van der Waals surface area contributed by atoms with Gasteiger partial charge in [0, 0.05) is 30.9 Å². The molecular weight excluding hydrogens is 231 g/mol. The van der Waals surface area contributed by atoms with Crippen LogP contribution >= 0.6 is 0 Å². The van der Waals surface area contributed by atoms with Crippen molar-refractivity contribution in [2.75, 3.05) is 32.5 Å². The third-order valence-corrected chi connectivity index (χ3v) is 3.41. The molecule has 1 heterocycles. The minimum atomic E-state index is -0.221. The lowest BCUT2D eigenvalue weighted by atomic mass is 10.0. The molecule has 0 aliphatic carbocycles. The smallest absolute Gasteiger partial charge is 0.129 e. The van der Waals surface area contributed by atoms with Crippen LogP contribution in [0.3, 0.4) is 0 Å². The van der Waals surface area contributed by atoms with Gasteiger partial charge in [-0.25, -0.2) is 4.39 Å². The molecular formula is C14H21FN2O. The third kappa shape index (κ3) is 3.43. The molecule has 1 saturated heterocycles. The average Bonchev–Trinajstić information content (AvgIpc) is 2.35. The standard InChI is InChI=1S/C14H21FN2O/c1-17(8-11-4-3-7-18-10-11)9-12-13(15)5-2-6-14(12)16/h2,5-6,11H,3-4,7-10,16H2,1H3. The van der Waals surface area contributed by atoms with Gasteiger partial charge in [0.05, 0.1) is 6.61 Å². The van der Waals surface area contributed by atoms with E-state index in [1.54, 1.807) is 12.1 Å². The van der Waals surface area contributed by atoms with Gasteiger partial charge in [-0.1, -0.05) is 6.07 Å². The summed E-state index contributed by atoms with van der Waals surface area (Å²) in [5.41, 5.74) is 6.94. The number of hydrogen-bond acceptors (Lipinski definition) is 3. The van der Waals surface area contributed by atoms with Gasteiger partial charge in [0.2, 0.25) is 0 Å². The van der Waals surface area contributed by atoms with Crippen LogP contribution < -0.4 is 5.73 Å². The van der Waals surface area contributed by atoms with Crippen molar-refractivity contribution in [1.29, 1.82) is 0 Å². The Morgan fingerprint density at radius 3 is 3.00 bits per heavy atom. The van der Waals surface area contributed by atoms with E-state index in [0.717, 1.165) is 26.2 Å². The Bertz CT molecular complexity index is 371. The van der Waals surface area contributed by atoms with Crippen molar-refractivity contribution in [2.24, 2.45) is 5.92 Å². The molecule has 0 aromatic heterocycles. The number of nitrogen functional groups attached to an aromatic ring is 1. The number of nitrogens with zero attached hydrogens (tertiary/aromatic N) is 1. The fourth-order valence-corrected chi connectivity index (χ4v) is 2.47. The SMILES string of the molecule is CN(Cc1c(N)cccc1F)CC1CCCOC1. The van der Waals surface area contributed by atoms with E-state index in [-0.39, 0.29) is 5.82 Å². The first kappa shape index (κ1) is 13.3. The number of benzene rings is 1. The van der Waals surface area contributed by atoms with Crippen LogP contribution in [0.1, 0.15) is 18.4 Å². The van der Waals surface area contributed by atoms with Crippen LogP contribution in [0.25, 0.3) is 0 Å². The molecule has 1 unspecified atom stereocenters. The molecule has 18 heavy (non-hydrogen) atoms. The van der Waals surface area contributed by atoms with Crippen LogP contribution in [0.2, 0.25) is 0 Å². The van der Waals surface area contributed by atoms with Gasteiger partial charge in [0.1, 0.15) is 5.82 Å². The van der Waals surface area contributed by atoms with Gasteiger partial charge in [-0.05, 0) is 37.9 Å². The predicted molar refractivity (Wildman–Crippen MR) is 70.7 cm³/mol. The molecule has 0 radical (unpaired) electrons. The molecule has 0 saturated carbocycles. The van der Waals surface area contributed by atoms with Crippen molar-refractivity contribution in [2.45, 2.75) is 19.4 Å². The maximum atomic E-state index is 13.7. The first-order chi connectivity index (χ1) is 8.66. The highest BCUT2D eigenvalue weighted by Crippen LogP contribution is 2.19. The Labute approximate surface area is 108 Å². The van der Waals surface area contributed by atoms with Crippen molar-refractivity contribution in [3.63, 3.8) is 0 Å². The van der Waals surface area contributed by atoms with E-state index < -0.39 is 0 Å². The highest BCUT2D eigenvalue weighted by Gasteiger charge is 2.17. The zero-order chi connectivity index (χ0) is 13.0. The summed E-state index contributed by atoms with van der Waals surface area (Å²) < 4.78 is 19.1. The number of hydrogen-bond donors (Lipinski definition) is 1. The van der Waals surface area contributed by atoms with E-state index >= 15 is 0 Å². The van der Waals surface area contributed by atoms with Crippen molar-refractivity contribution in [1.82, 2.24) is 4.90 Å². The fourth-order valence-electron chi connectivity index (χ4n) is 2.47. The zero-order valence-electron chi connectivity index (χ0n) is 10.9. The van der Waals surface area contributed by atoms with Crippen LogP contribution in [-0.4, -0.2) is 31.7 Å². The molecule has 2 N–H and O–H groups in total. The normalized spacial score (nSPS) is 20.3. The molecule has 1 fully saturated rings. The van der Waals surface area contributed by atoms with Gasteiger partial charge in [-0.3, -0.25) is 0 Å². The summed E-state index contributed by atoms with van der Waals surface area (Å²) >= 11 is 0. The minimum absolute atomic E-state index is 0.221. The minimum Gasteiger partial charge on any atom is -0.398 e. The summed E-state index contributed by atoms with van der Waals surface area (Å²) in [4.78, 5) is 2.12. The van der Waals surface area contributed by atoms with Gasteiger partial charge in [-0.2, -0.15) is 0 Å². The summed E-state index contributed by atoms with van der Waals surface area (Å²) in [6.07, 6.45) is 2.32. The van der Waals surface area contributed by atoms with Crippen molar-refractivity contribution >= 4 is 5.69 Å². The van der Waals surface area contributed by atoms with Gasteiger partial charge in [-0.15, -0.1) is 0 Å². The average molecular weight is 252 g/mol. The Balaban J connectivity index is 1.92. The van der Waals surface area contributed by atoms with Crippen LogP contribution in [0.15, 0.2) is 18.2 Å². The number of halogens is 1. The second-order valence-electron chi connectivity index (χ2n) is 5.09. The van der Waals surface area contributed by atoms with Crippen LogP contribution in [0.5, 0.6) is 0 Å². The summed E-state index contributed by atoms with van der Waals surface area (Å²) in [6, 6.07) is 4.85. The first-order valence-electron chi connectivity index (χ1n) is 6.46. The molecule has 2 rings (SSSR count). The molecule has 1 aromatic rings. The topological polar surface area (TPSA) is 38.5 Å². The third-order valence-electron chi connectivity index (χ3n) is 3.41. The van der Waals surface area contributed by atoms with Gasteiger partial charge >= 0.3 is 0 Å². The van der Waals surface area contributed by atoms with E-state index in [9.17, 15) is 4.39 Å². The molecule has 1 aromatic carbocycles. The van der Waals surface area contributed by atoms with E-state index in [4.69, 9.17) is 10.5 Å². The Morgan fingerprint density at radius 1 is 1.50 bits per heavy atom. The molecule has 0 bridgehead atoms. The molecule has 1 aliphatic heterocycles. The summed E-state index contributed by atoms with van der Waals surface area (Å²) in [6.45, 7) is 3.17. The summed E-state index contributed by atoms with van der Waals surface area (Å²) in [5.74, 6) is 0.332. The largest absolute Gasteiger partial charge is 0.398 e. The maximum Gasteiger partial charge on any atom is 0.129 e. The van der Waals surface area contributed by atoms with E-state index in [0.29, 0.717) is 23.7 Å². The number of ether oxygens (including phenoxy) is 1. The summed E-state index contributed by atoms with van der Waals surface area (Å²) in [5, 5.41) is 0. The zero-order valence-corrected chi connectivity index (χ0v) is 10.9. The summed E-state index contributed by atoms with van der Waals surface area (Å²) in [7, 11) is 2.00. The van der Waals surface area contributed by atoms with Crippen LogP contribution in [0, 0.1) is 11.7 Å². The van der Waals surface area contributed by atoms with Crippen LogP contribution in [0.4, 0.5) is 10.1 Å². The Kier molecular flexibility index (Phi) is 4.55. The lowest BCUT2D eigenvalue weighted by molar-refractivity contribution is 0.0410. The Hall–Kier alpha value is -1.13. The van der Waals surface area contributed by atoms with E-state index in [1.807, 2.05) is 7.05 Å². The van der Waals surface area contributed by atoms with Gasteiger partial charge < -0.3 is 15.4 Å². The number of anilines is 1. The molecule has 0 amide bonds. The van der Waals surface area contributed by atoms with E-state index in [2.05, 4.69) is 4.90 Å². The number of rotatable bonds is 4. The fraction of sp³-hybridized carbons (Fsp3) is 0.571. The first-order valence-corrected chi connectivity index (χ1v) is 6.46. The maximum absolute atomic E-state index is 13.7. The van der Waals surface area contributed by atoms with Crippen molar-refractivity contribution in [3.8, 4) is 0 Å². The van der Waals surface area contributed by atoms with Gasteiger partial charge in [0.25, 0.3) is 0 Å². The second-order valence-corrected chi connectivity index (χ2v) is 5.09. The lowest BCUT2D eigenvalue weighted by Crippen LogP contribution is -2.31. The molecule has 0 spiro atoms. The Morgan fingerprint density at radius 2 is 2.33 bits per heavy atom. The molecule has 1 aliphatic rings. The predicted octanol–water partition coefficient (Wildman–Crippen LogP) is 2.27. The molecule has 1 atom stereocenters.